The topological polar surface area (TPSA) is 63.2 Å². The van der Waals surface area contributed by atoms with Crippen LogP contribution in [0, 0.1) is 5.92 Å². The quantitative estimate of drug-likeness (QED) is 0.713. The molecular formula is C9H15NO3S. The summed E-state index contributed by atoms with van der Waals surface area (Å²) in [5.74, 6) is -0.0590. The van der Waals surface area contributed by atoms with Crippen molar-refractivity contribution >= 4 is 15.7 Å². The van der Waals surface area contributed by atoms with Crippen molar-refractivity contribution in [1.82, 2.24) is 5.32 Å². The Morgan fingerprint density at radius 3 is 2.50 bits per heavy atom. The van der Waals surface area contributed by atoms with Crippen LogP contribution in [0.1, 0.15) is 25.7 Å². The highest BCUT2D eigenvalue weighted by Crippen LogP contribution is 2.22. The summed E-state index contributed by atoms with van der Waals surface area (Å²) in [6, 6.07) is 0.326. The van der Waals surface area contributed by atoms with Gasteiger partial charge in [-0.05, 0) is 25.7 Å². The summed E-state index contributed by atoms with van der Waals surface area (Å²) < 4.78 is 22.6. The smallest absolute Gasteiger partial charge is 0.224 e. The molecule has 2 fully saturated rings. The van der Waals surface area contributed by atoms with E-state index in [1.807, 2.05) is 0 Å². The number of sulfone groups is 1. The summed E-state index contributed by atoms with van der Waals surface area (Å²) in [6.45, 7) is 0. The van der Waals surface area contributed by atoms with Crippen molar-refractivity contribution in [3.05, 3.63) is 0 Å². The summed E-state index contributed by atoms with van der Waals surface area (Å²) in [6.07, 6.45) is 3.44. The molecule has 0 bridgehead atoms. The number of hydrogen-bond acceptors (Lipinski definition) is 3. The molecule has 0 aromatic rings. The average Bonchev–Trinajstić information content (AvgIpc) is 2.86. The highest BCUT2D eigenvalue weighted by Gasteiger charge is 2.32. The van der Waals surface area contributed by atoms with Gasteiger partial charge in [0.15, 0.2) is 9.84 Å². The Labute approximate surface area is 84.0 Å². The largest absolute Gasteiger partial charge is 0.353 e. The standard InChI is InChI=1S/C9H15NO3S/c11-9(10-8-3-4-8)7-2-1-5-14(12,13)6-7/h7-8H,1-6H2,(H,10,11). The average molecular weight is 217 g/mol. The van der Waals surface area contributed by atoms with E-state index in [1.165, 1.54) is 0 Å². The molecule has 1 N–H and O–H groups in total. The lowest BCUT2D eigenvalue weighted by molar-refractivity contribution is -0.124. The molecule has 5 heteroatoms. The van der Waals surface area contributed by atoms with Gasteiger partial charge in [-0.25, -0.2) is 8.42 Å². The zero-order valence-corrected chi connectivity index (χ0v) is 8.85. The highest BCUT2D eigenvalue weighted by atomic mass is 32.2. The van der Waals surface area contributed by atoms with E-state index in [4.69, 9.17) is 0 Å². The second kappa shape index (κ2) is 3.53. The fourth-order valence-electron chi connectivity index (χ4n) is 1.78. The van der Waals surface area contributed by atoms with Gasteiger partial charge >= 0.3 is 0 Å². The molecule has 0 aromatic heterocycles. The first kappa shape index (κ1) is 9.96. The van der Waals surface area contributed by atoms with Gasteiger partial charge in [0.05, 0.1) is 17.4 Å². The van der Waals surface area contributed by atoms with E-state index in [2.05, 4.69) is 5.32 Å². The van der Waals surface area contributed by atoms with E-state index in [9.17, 15) is 13.2 Å². The maximum atomic E-state index is 11.6. The maximum absolute atomic E-state index is 11.6. The van der Waals surface area contributed by atoms with E-state index in [0.717, 1.165) is 19.3 Å². The molecule has 2 rings (SSSR count). The monoisotopic (exact) mass is 217 g/mol. The van der Waals surface area contributed by atoms with E-state index in [-0.39, 0.29) is 23.3 Å². The number of rotatable bonds is 2. The van der Waals surface area contributed by atoms with Crippen LogP contribution in [-0.2, 0) is 14.6 Å². The lowest BCUT2D eigenvalue weighted by Gasteiger charge is -2.20. The predicted molar refractivity (Wildman–Crippen MR) is 52.5 cm³/mol. The van der Waals surface area contributed by atoms with Crippen LogP contribution in [0.4, 0.5) is 0 Å². The van der Waals surface area contributed by atoms with Crippen LogP contribution in [0.25, 0.3) is 0 Å². The molecule has 1 saturated heterocycles. The third kappa shape index (κ3) is 2.47. The van der Waals surface area contributed by atoms with Crippen molar-refractivity contribution in [2.24, 2.45) is 5.92 Å². The van der Waals surface area contributed by atoms with Crippen LogP contribution in [0.15, 0.2) is 0 Å². The van der Waals surface area contributed by atoms with Gasteiger partial charge in [0, 0.05) is 6.04 Å². The fraction of sp³-hybridized carbons (Fsp3) is 0.889. The van der Waals surface area contributed by atoms with Crippen LogP contribution in [0.2, 0.25) is 0 Å². The van der Waals surface area contributed by atoms with E-state index in [0.29, 0.717) is 12.5 Å². The van der Waals surface area contributed by atoms with Gasteiger partial charge in [0.25, 0.3) is 0 Å². The molecule has 1 aliphatic carbocycles. The van der Waals surface area contributed by atoms with E-state index >= 15 is 0 Å². The predicted octanol–water partition coefficient (Wildman–Crippen LogP) is 0.0898. The first-order valence-corrected chi connectivity index (χ1v) is 6.90. The van der Waals surface area contributed by atoms with Gasteiger partial charge < -0.3 is 5.32 Å². The van der Waals surface area contributed by atoms with Gasteiger partial charge in [0.1, 0.15) is 0 Å². The molecule has 0 radical (unpaired) electrons. The second-order valence-electron chi connectivity index (χ2n) is 4.24. The Morgan fingerprint density at radius 2 is 1.93 bits per heavy atom. The summed E-state index contributed by atoms with van der Waals surface area (Å²) >= 11 is 0. The second-order valence-corrected chi connectivity index (χ2v) is 6.47. The molecule has 1 saturated carbocycles. The summed E-state index contributed by atoms with van der Waals surface area (Å²) in [5, 5.41) is 2.86. The van der Waals surface area contributed by atoms with Crippen molar-refractivity contribution < 1.29 is 13.2 Å². The third-order valence-electron chi connectivity index (χ3n) is 2.76. The lowest BCUT2D eigenvalue weighted by atomic mass is 10.0. The zero-order valence-electron chi connectivity index (χ0n) is 8.03. The summed E-state index contributed by atoms with van der Waals surface area (Å²) in [4.78, 5) is 11.6. The molecule has 4 nitrogen and oxygen atoms in total. The SMILES string of the molecule is O=C(NC1CC1)C1CCCS(=O)(=O)C1. The van der Waals surface area contributed by atoms with E-state index < -0.39 is 9.84 Å². The van der Waals surface area contributed by atoms with E-state index in [1.54, 1.807) is 0 Å². The number of carbonyl (C=O) groups is 1. The van der Waals surface area contributed by atoms with Gasteiger partial charge in [-0.3, -0.25) is 4.79 Å². The van der Waals surface area contributed by atoms with Crippen molar-refractivity contribution in [3.63, 3.8) is 0 Å². The fourth-order valence-corrected chi connectivity index (χ4v) is 3.48. The van der Waals surface area contributed by atoms with Gasteiger partial charge in [-0.15, -0.1) is 0 Å². The first-order valence-electron chi connectivity index (χ1n) is 5.08. The Bertz CT molecular complexity index is 332. The molecule has 0 spiro atoms. The molecule has 2 aliphatic rings. The van der Waals surface area contributed by atoms with Crippen LogP contribution < -0.4 is 5.32 Å². The van der Waals surface area contributed by atoms with Crippen LogP contribution >= 0.6 is 0 Å². The molecule has 1 amide bonds. The zero-order chi connectivity index (χ0) is 10.2. The lowest BCUT2D eigenvalue weighted by Crippen LogP contribution is -2.39. The molecule has 0 aromatic carbocycles. The minimum Gasteiger partial charge on any atom is -0.353 e. The van der Waals surface area contributed by atoms with Crippen LogP contribution in [0.5, 0.6) is 0 Å². The number of amides is 1. The normalized spacial score (nSPS) is 31.0. The van der Waals surface area contributed by atoms with Crippen molar-refractivity contribution in [2.45, 2.75) is 31.7 Å². The van der Waals surface area contributed by atoms with Crippen LogP contribution in [-0.4, -0.2) is 31.9 Å². The maximum Gasteiger partial charge on any atom is 0.224 e. The summed E-state index contributed by atoms with van der Waals surface area (Å²) in [5.41, 5.74) is 0. The van der Waals surface area contributed by atoms with Crippen molar-refractivity contribution in [1.29, 1.82) is 0 Å². The van der Waals surface area contributed by atoms with Crippen molar-refractivity contribution in [3.8, 4) is 0 Å². The molecule has 1 atom stereocenters. The Balaban J connectivity index is 1.92. The highest BCUT2D eigenvalue weighted by molar-refractivity contribution is 7.91. The number of carbonyl (C=O) groups excluding carboxylic acids is 1. The van der Waals surface area contributed by atoms with Crippen molar-refractivity contribution in [2.75, 3.05) is 11.5 Å². The molecule has 1 unspecified atom stereocenters. The van der Waals surface area contributed by atoms with Gasteiger partial charge in [0.2, 0.25) is 5.91 Å². The molecule has 1 heterocycles. The van der Waals surface area contributed by atoms with Gasteiger partial charge in [-0.1, -0.05) is 0 Å². The first-order chi connectivity index (χ1) is 6.57. The molecule has 80 valence electrons. The Hall–Kier alpha value is -0.580. The summed E-state index contributed by atoms with van der Waals surface area (Å²) in [7, 11) is -2.95. The number of nitrogens with one attached hydrogen (secondary N) is 1. The number of hydrogen-bond donors (Lipinski definition) is 1. The third-order valence-corrected chi connectivity index (χ3v) is 4.58. The Kier molecular flexibility index (Phi) is 2.51. The molecule has 1 aliphatic heterocycles. The minimum absolute atomic E-state index is 0.0472. The molecular weight excluding hydrogens is 202 g/mol. The minimum atomic E-state index is -2.95. The Morgan fingerprint density at radius 1 is 1.21 bits per heavy atom. The molecule has 14 heavy (non-hydrogen) atoms. The van der Waals surface area contributed by atoms with Crippen LogP contribution in [0.3, 0.4) is 0 Å². The van der Waals surface area contributed by atoms with Gasteiger partial charge in [-0.2, -0.15) is 0 Å².